The van der Waals surface area contributed by atoms with Crippen molar-refractivity contribution in [1.29, 1.82) is 0 Å². The summed E-state index contributed by atoms with van der Waals surface area (Å²) >= 11 is 3.58. The van der Waals surface area contributed by atoms with E-state index in [9.17, 15) is 0 Å². The third-order valence-corrected chi connectivity index (χ3v) is 4.06. The molecular formula is C17H11BrN2. The number of halogens is 1. The first kappa shape index (κ1) is 11.7. The molecule has 3 aromatic carbocycles. The van der Waals surface area contributed by atoms with Crippen LogP contribution in [-0.4, -0.2) is 9.55 Å². The van der Waals surface area contributed by atoms with Crippen LogP contribution in [0.2, 0.25) is 0 Å². The molecule has 96 valence electrons. The molecule has 0 atom stereocenters. The minimum atomic E-state index is 0.829. The molecule has 4 rings (SSSR count). The smallest absolute Gasteiger partial charge is 0.182 e. The Bertz CT molecular complexity index is 919. The van der Waals surface area contributed by atoms with Gasteiger partial charge in [0.2, 0.25) is 0 Å². The molecule has 0 saturated heterocycles. The molecule has 0 saturated carbocycles. The molecule has 3 heteroatoms. The van der Waals surface area contributed by atoms with E-state index in [-0.39, 0.29) is 0 Å². The Balaban J connectivity index is 2.14. The van der Waals surface area contributed by atoms with Crippen LogP contribution in [0, 0.1) is 0 Å². The van der Waals surface area contributed by atoms with Crippen molar-refractivity contribution in [3.63, 3.8) is 0 Å². The zero-order chi connectivity index (χ0) is 13.5. The lowest BCUT2D eigenvalue weighted by Crippen LogP contribution is -1.95. The third kappa shape index (κ3) is 1.67. The lowest BCUT2D eigenvalue weighted by molar-refractivity contribution is 1.06. The van der Waals surface area contributed by atoms with E-state index in [1.807, 2.05) is 18.2 Å². The third-order valence-electron chi connectivity index (χ3n) is 3.53. The van der Waals surface area contributed by atoms with E-state index >= 15 is 0 Å². The molecule has 0 radical (unpaired) electrons. The van der Waals surface area contributed by atoms with E-state index in [0.29, 0.717) is 0 Å². The molecule has 0 aliphatic rings. The molecule has 20 heavy (non-hydrogen) atoms. The van der Waals surface area contributed by atoms with Crippen LogP contribution in [0.1, 0.15) is 0 Å². The largest absolute Gasteiger partial charge is 0.286 e. The highest BCUT2D eigenvalue weighted by Crippen LogP contribution is 2.29. The van der Waals surface area contributed by atoms with Crippen molar-refractivity contribution in [2.24, 2.45) is 0 Å². The van der Waals surface area contributed by atoms with Gasteiger partial charge < -0.3 is 0 Å². The Kier molecular flexibility index (Phi) is 2.60. The summed E-state index contributed by atoms with van der Waals surface area (Å²) in [6.07, 6.45) is 0. The molecule has 0 aliphatic heterocycles. The fourth-order valence-corrected chi connectivity index (χ4v) is 3.20. The van der Waals surface area contributed by atoms with Gasteiger partial charge in [0.15, 0.2) is 4.73 Å². The zero-order valence-electron chi connectivity index (χ0n) is 10.6. The maximum absolute atomic E-state index is 4.58. The van der Waals surface area contributed by atoms with Gasteiger partial charge in [-0.1, -0.05) is 48.5 Å². The summed E-state index contributed by atoms with van der Waals surface area (Å²) in [6, 6.07) is 22.9. The van der Waals surface area contributed by atoms with Crippen LogP contribution in [0.15, 0.2) is 71.5 Å². The predicted molar refractivity (Wildman–Crippen MR) is 86.3 cm³/mol. The average molecular weight is 323 g/mol. The normalized spacial score (nSPS) is 11.2. The number of rotatable bonds is 1. The first-order valence-corrected chi connectivity index (χ1v) is 7.25. The van der Waals surface area contributed by atoms with E-state index in [0.717, 1.165) is 21.5 Å². The quantitative estimate of drug-likeness (QED) is 0.485. The highest BCUT2D eigenvalue weighted by atomic mass is 79.9. The molecule has 1 heterocycles. The van der Waals surface area contributed by atoms with Gasteiger partial charge in [0.1, 0.15) is 0 Å². The Hall–Kier alpha value is -2.13. The monoisotopic (exact) mass is 322 g/mol. The van der Waals surface area contributed by atoms with Crippen molar-refractivity contribution in [2.45, 2.75) is 0 Å². The molecular weight excluding hydrogens is 312 g/mol. The molecule has 0 fully saturated rings. The van der Waals surface area contributed by atoms with Gasteiger partial charge in [-0.25, -0.2) is 4.98 Å². The second kappa shape index (κ2) is 4.46. The molecule has 0 spiro atoms. The number of imidazole rings is 1. The Morgan fingerprint density at radius 3 is 2.50 bits per heavy atom. The van der Waals surface area contributed by atoms with Crippen LogP contribution in [0.5, 0.6) is 0 Å². The van der Waals surface area contributed by atoms with E-state index in [1.54, 1.807) is 0 Å². The summed E-state index contributed by atoms with van der Waals surface area (Å²) in [5.41, 5.74) is 3.24. The zero-order valence-corrected chi connectivity index (χ0v) is 12.2. The standard InChI is InChI=1S/C17H11BrN2/c18-17-19-14-9-3-4-10-16(14)20(17)15-11-5-7-12-6-1-2-8-13(12)15/h1-11H. The lowest BCUT2D eigenvalue weighted by Gasteiger charge is -2.09. The Labute approximate surface area is 124 Å². The number of hydrogen-bond acceptors (Lipinski definition) is 1. The molecule has 0 aliphatic carbocycles. The molecule has 4 aromatic rings. The van der Waals surface area contributed by atoms with Gasteiger partial charge in [0, 0.05) is 5.39 Å². The SMILES string of the molecule is Brc1nc2ccccc2n1-c1cccc2ccccc12. The number of fused-ring (bicyclic) bond motifs is 2. The lowest BCUT2D eigenvalue weighted by atomic mass is 10.1. The van der Waals surface area contributed by atoms with E-state index < -0.39 is 0 Å². The molecule has 0 amide bonds. The number of nitrogens with zero attached hydrogens (tertiary/aromatic N) is 2. The van der Waals surface area contributed by atoms with Crippen LogP contribution >= 0.6 is 15.9 Å². The summed E-state index contributed by atoms with van der Waals surface area (Å²) < 4.78 is 2.98. The summed E-state index contributed by atoms with van der Waals surface area (Å²) in [5, 5.41) is 2.45. The van der Waals surface area contributed by atoms with Crippen LogP contribution in [0.4, 0.5) is 0 Å². The van der Waals surface area contributed by atoms with E-state index in [1.165, 1.54) is 10.8 Å². The molecule has 1 aromatic heterocycles. The highest BCUT2D eigenvalue weighted by Gasteiger charge is 2.11. The van der Waals surface area contributed by atoms with Gasteiger partial charge in [0.25, 0.3) is 0 Å². The van der Waals surface area contributed by atoms with E-state index in [4.69, 9.17) is 0 Å². The topological polar surface area (TPSA) is 17.8 Å². The summed E-state index contributed by atoms with van der Waals surface area (Å²) in [7, 11) is 0. The number of aromatic nitrogens is 2. The predicted octanol–water partition coefficient (Wildman–Crippen LogP) is 4.94. The maximum Gasteiger partial charge on any atom is 0.182 e. The summed E-state index contributed by atoms with van der Waals surface area (Å²) in [6.45, 7) is 0. The minimum absolute atomic E-state index is 0.829. The van der Waals surface area contributed by atoms with Crippen LogP contribution in [0.3, 0.4) is 0 Å². The van der Waals surface area contributed by atoms with Crippen LogP contribution < -0.4 is 0 Å². The fourth-order valence-electron chi connectivity index (χ4n) is 2.63. The van der Waals surface area contributed by atoms with Crippen molar-refractivity contribution in [3.8, 4) is 5.69 Å². The Morgan fingerprint density at radius 2 is 1.55 bits per heavy atom. The van der Waals surface area contributed by atoms with Crippen molar-refractivity contribution in [2.75, 3.05) is 0 Å². The summed E-state index contributed by atoms with van der Waals surface area (Å²) in [5.74, 6) is 0. The fraction of sp³-hybridized carbons (Fsp3) is 0. The van der Waals surface area contributed by atoms with Crippen molar-refractivity contribution >= 4 is 37.7 Å². The van der Waals surface area contributed by atoms with Crippen molar-refractivity contribution < 1.29 is 0 Å². The van der Waals surface area contributed by atoms with Gasteiger partial charge in [-0.15, -0.1) is 0 Å². The van der Waals surface area contributed by atoms with Gasteiger partial charge in [-0.2, -0.15) is 0 Å². The minimum Gasteiger partial charge on any atom is -0.286 e. The van der Waals surface area contributed by atoms with Gasteiger partial charge in [-0.05, 0) is 39.5 Å². The summed E-state index contributed by atoms with van der Waals surface area (Å²) in [4.78, 5) is 4.58. The maximum atomic E-state index is 4.58. The van der Waals surface area contributed by atoms with Gasteiger partial charge >= 0.3 is 0 Å². The number of para-hydroxylation sites is 2. The highest BCUT2D eigenvalue weighted by molar-refractivity contribution is 9.10. The number of hydrogen-bond donors (Lipinski definition) is 0. The molecule has 0 unspecified atom stereocenters. The molecule has 0 N–H and O–H groups in total. The Morgan fingerprint density at radius 1 is 0.800 bits per heavy atom. The van der Waals surface area contributed by atoms with Crippen molar-refractivity contribution in [3.05, 3.63) is 71.5 Å². The average Bonchev–Trinajstić information content (AvgIpc) is 2.82. The second-order valence-corrected chi connectivity index (χ2v) is 5.41. The first-order valence-electron chi connectivity index (χ1n) is 6.46. The molecule has 0 bridgehead atoms. The van der Waals surface area contributed by atoms with E-state index in [2.05, 4.69) is 74.0 Å². The van der Waals surface area contributed by atoms with Crippen molar-refractivity contribution in [1.82, 2.24) is 9.55 Å². The molecule has 2 nitrogen and oxygen atoms in total. The second-order valence-electron chi connectivity index (χ2n) is 4.70. The van der Waals surface area contributed by atoms with Gasteiger partial charge in [-0.3, -0.25) is 4.57 Å². The van der Waals surface area contributed by atoms with Gasteiger partial charge in [0.05, 0.1) is 16.7 Å². The number of benzene rings is 3. The van der Waals surface area contributed by atoms with Crippen LogP contribution in [0.25, 0.3) is 27.5 Å². The van der Waals surface area contributed by atoms with Crippen LogP contribution in [-0.2, 0) is 0 Å². The first-order chi connectivity index (χ1) is 9.84.